The molecule has 54 valence electrons. The Morgan fingerprint density at radius 2 is 2.00 bits per heavy atom. The van der Waals surface area contributed by atoms with E-state index < -0.39 is 0 Å². The second-order valence-corrected chi connectivity index (χ2v) is 2.33. The van der Waals surface area contributed by atoms with Crippen LogP contribution in [0.2, 0.25) is 0 Å². The first-order valence-electron chi connectivity index (χ1n) is 3.00. The summed E-state index contributed by atoms with van der Waals surface area (Å²) >= 11 is 1.55. The molecule has 0 aliphatic carbocycles. The molecule has 0 fully saturated rings. The maximum absolute atomic E-state index is 3.75. The van der Waals surface area contributed by atoms with Gasteiger partial charge in [-0.25, -0.2) is 0 Å². The van der Waals surface area contributed by atoms with Gasteiger partial charge in [-0.15, -0.1) is 0 Å². The molecule has 0 aromatic heterocycles. The van der Waals surface area contributed by atoms with Crippen LogP contribution >= 0.6 is 11.8 Å². The lowest BCUT2D eigenvalue weighted by atomic mass is 10.8. The Hall–Kier alpha value is -0.240. The Morgan fingerprint density at radius 3 is 2.11 bits per heavy atom. The Bertz CT molecular complexity index is 86.9. The minimum atomic E-state index is 1.07. The van der Waals surface area contributed by atoms with Gasteiger partial charge in [-0.2, -0.15) is 0 Å². The van der Waals surface area contributed by atoms with Crippen molar-refractivity contribution in [3.63, 3.8) is 0 Å². The van der Waals surface area contributed by atoms with Gasteiger partial charge >= 0.3 is 0 Å². The van der Waals surface area contributed by atoms with Crippen molar-refractivity contribution >= 4 is 17.3 Å². The summed E-state index contributed by atoms with van der Waals surface area (Å²) in [5, 5.41) is 0. The highest BCUT2D eigenvalue weighted by Gasteiger charge is 1.75. The van der Waals surface area contributed by atoms with Gasteiger partial charge in [0.05, 0.1) is 5.55 Å². The van der Waals surface area contributed by atoms with Crippen LogP contribution in [-0.4, -0.2) is 12.6 Å². The van der Waals surface area contributed by atoms with Crippen molar-refractivity contribution in [1.29, 1.82) is 0 Å². The predicted molar refractivity (Wildman–Crippen MR) is 48.2 cm³/mol. The van der Waals surface area contributed by atoms with Gasteiger partial charge in [-0.05, 0) is 11.8 Å². The lowest BCUT2D eigenvalue weighted by molar-refractivity contribution is 1.49. The highest BCUT2D eigenvalue weighted by atomic mass is 32.2. The van der Waals surface area contributed by atoms with E-state index in [4.69, 9.17) is 0 Å². The Labute approximate surface area is 62.3 Å². The third kappa shape index (κ3) is 18.2. The molecule has 0 bridgehead atoms. The van der Waals surface area contributed by atoms with E-state index in [0.717, 1.165) is 4.91 Å². The summed E-state index contributed by atoms with van der Waals surface area (Å²) in [5.74, 6) is 0. The van der Waals surface area contributed by atoms with Crippen LogP contribution < -0.4 is 0 Å². The molecule has 0 aromatic rings. The van der Waals surface area contributed by atoms with Gasteiger partial charge in [0.25, 0.3) is 0 Å². The van der Waals surface area contributed by atoms with Crippen LogP contribution in [0.15, 0.2) is 16.5 Å². The number of aliphatic imine (C=N–C) groups is 1. The molecule has 0 rings (SSSR count). The quantitative estimate of drug-likeness (QED) is 0.430. The molecule has 0 saturated carbocycles. The number of hydrogen-bond donors (Lipinski definition) is 0. The average Bonchev–Trinajstić information content (AvgIpc) is 1.88. The van der Waals surface area contributed by atoms with Crippen molar-refractivity contribution in [2.24, 2.45) is 4.99 Å². The number of rotatable bonds is 2. The van der Waals surface area contributed by atoms with Crippen molar-refractivity contribution in [3.05, 3.63) is 11.5 Å². The standard InChI is InChI=1S/C5H9NS.C2H6/c1-5(2)7-4-6-3;1-2/h4H,1H2,2-3H3;1-2H3. The summed E-state index contributed by atoms with van der Waals surface area (Å²) in [6, 6.07) is 0. The van der Waals surface area contributed by atoms with Crippen LogP contribution in [0.25, 0.3) is 0 Å². The Kier molecular flexibility index (Phi) is 13.7. The van der Waals surface area contributed by atoms with Crippen LogP contribution in [0.5, 0.6) is 0 Å². The zero-order valence-electron chi connectivity index (χ0n) is 6.64. The molecular weight excluding hydrogens is 130 g/mol. The highest BCUT2D eigenvalue weighted by Crippen LogP contribution is 2.06. The monoisotopic (exact) mass is 145 g/mol. The summed E-state index contributed by atoms with van der Waals surface area (Å²) in [4.78, 5) is 4.83. The van der Waals surface area contributed by atoms with Crippen molar-refractivity contribution < 1.29 is 0 Å². The lowest BCUT2D eigenvalue weighted by Gasteiger charge is -1.83. The number of hydrogen-bond acceptors (Lipinski definition) is 2. The summed E-state index contributed by atoms with van der Waals surface area (Å²) in [6.07, 6.45) is 0. The molecule has 2 heteroatoms. The summed E-state index contributed by atoms with van der Waals surface area (Å²) < 4.78 is 0. The topological polar surface area (TPSA) is 12.4 Å². The van der Waals surface area contributed by atoms with E-state index in [1.54, 1.807) is 24.4 Å². The van der Waals surface area contributed by atoms with E-state index in [1.165, 1.54) is 0 Å². The normalized spacial score (nSPS) is 8.44. The smallest absolute Gasteiger partial charge is 0.0582 e. The first-order chi connectivity index (χ1) is 4.27. The number of nitrogens with zero attached hydrogens (tertiary/aromatic N) is 1. The van der Waals surface area contributed by atoms with Gasteiger partial charge in [0.2, 0.25) is 0 Å². The summed E-state index contributed by atoms with van der Waals surface area (Å²) in [5.41, 5.74) is 1.77. The number of allylic oxidation sites excluding steroid dienone is 1. The van der Waals surface area contributed by atoms with Gasteiger partial charge in [-0.3, -0.25) is 4.99 Å². The van der Waals surface area contributed by atoms with E-state index in [0.29, 0.717) is 0 Å². The van der Waals surface area contributed by atoms with Crippen LogP contribution in [0.3, 0.4) is 0 Å². The highest BCUT2D eigenvalue weighted by molar-refractivity contribution is 8.15. The third-order valence-corrected chi connectivity index (χ3v) is 1.08. The zero-order chi connectivity index (χ0) is 7.70. The van der Waals surface area contributed by atoms with E-state index in [-0.39, 0.29) is 0 Å². The molecule has 0 N–H and O–H groups in total. The molecule has 0 aliphatic heterocycles. The van der Waals surface area contributed by atoms with Crippen LogP contribution in [-0.2, 0) is 0 Å². The fourth-order valence-electron chi connectivity index (χ4n) is 0.143. The molecule has 0 radical (unpaired) electrons. The molecule has 9 heavy (non-hydrogen) atoms. The van der Waals surface area contributed by atoms with Crippen molar-refractivity contribution in [2.45, 2.75) is 20.8 Å². The zero-order valence-corrected chi connectivity index (χ0v) is 7.46. The van der Waals surface area contributed by atoms with E-state index in [2.05, 4.69) is 11.6 Å². The fourth-order valence-corrected chi connectivity index (χ4v) is 0.428. The molecule has 1 nitrogen and oxygen atoms in total. The second kappa shape index (κ2) is 10.7. The Morgan fingerprint density at radius 1 is 1.56 bits per heavy atom. The largest absolute Gasteiger partial charge is 0.289 e. The van der Waals surface area contributed by atoms with Gasteiger partial charge in [0.15, 0.2) is 0 Å². The molecular formula is C7H15NS. The molecule has 0 unspecified atom stereocenters. The van der Waals surface area contributed by atoms with Gasteiger partial charge in [0.1, 0.15) is 0 Å². The van der Waals surface area contributed by atoms with Crippen LogP contribution in [0, 0.1) is 0 Å². The van der Waals surface area contributed by atoms with Gasteiger partial charge in [0, 0.05) is 7.05 Å². The van der Waals surface area contributed by atoms with E-state index in [9.17, 15) is 0 Å². The van der Waals surface area contributed by atoms with Crippen molar-refractivity contribution in [3.8, 4) is 0 Å². The summed E-state index contributed by atoms with van der Waals surface area (Å²) in [6.45, 7) is 9.62. The molecule has 0 amide bonds. The SMILES string of the molecule is C=C(C)SC=NC.CC. The average molecular weight is 145 g/mol. The first kappa shape index (κ1) is 11.5. The van der Waals surface area contributed by atoms with Crippen LogP contribution in [0.4, 0.5) is 0 Å². The molecule has 0 spiro atoms. The maximum Gasteiger partial charge on any atom is 0.0582 e. The fraction of sp³-hybridized carbons (Fsp3) is 0.571. The van der Waals surface area contributed by atoms with Gasteiger partial charge < -0.3 is 0 Å². The molecule has 0 aliphatic rings. The molecule has 0 aromatic carbocycles. The Balaban J connectivity index is 0. The number of thioether (sulfide) groups is 1. The molecule has 0 heterocycles. The minimum Gasteiger partial charge on any atom is -0.289 e. The van der Waals surface area contributed by atoms with Crippen molar-refractivity contribution in [2.75, 3.05) is 7.05 Å². The lowest BCUT2D eigenvalue weighted by Crippen LogP contribution is -1.61. The minimum absolute atomic E-state index is 1.07. The van der Waals surface area contributed by atoms with Gasteiger partial charge in [-0.1, -0.05) is 32.2 Å². The first-order valence-corrected chi connectivity index (χ1v) is 3.88. The van der Waals surface area contributed by atoms with Crippen molar-refractivity contribution in [1.82, 2.24) is 0 Å². The van der Waals surface area contributed by atoms with E-state index in [1.807, 2.05) is 20.8 Å². The molecule has 0 saturated heterocycles. The maximum atomic E-state index is 3.75. The summed E-state index contributed by atoms with van der Waals surface area (Å²) in [7, 11) is 1.75. The van der Waals surface area contributed by atoms with E-state index >= 15 is 0 Å². The van der Waals surface area contributed by atoms with Crippen LogP contribution in [0.1, 0.15) is 20.8 Å². The third-order valence-electron chi connectivity index (χ3n) is 0.359. The second-order valence-electron chi connectivity index (χ2n) is 1.18. The molecule has 0 atom stereocenters. The predicted octanol–water partition coefficient (Wildman–Crippen LogP) is 2.94.